The first-order valence-corrected chi connectivity index (χ1v) is 12.3. The fraction of sp³-hybridized carbons (Fsp3) is 0.379. The van der Waals surface area contributed by atoms with Gasteiger partial charge in [-0.25, -0.2) is 4.79 Å². The average Bonchev–Trinajstić information content (AvgIpc) is 2.88. The van der Waals surface area contributed by atoms with Crippen molar-refractivity contribution in [2.45, 2.75) is 56.6 Å². The van der Waals surface area contributed by atoms with Gasteiger partial charge in [0.15, 0.2) is 0 Å². The zero-order valence-corrected chi connectivity index (χ0v) is 19.0. The van der Waals surface area contributed by atoms with E-state index in [0.29, 0.717) is 12.5 Å². The van der Waals surface area contributed by atoms with Crippen LogP contribution in [0.4, 0.5) is 4.79 Å². The summed E-state index contributed by atoms with van der Waals surface area (Å²) >= 11 is 0. The smallest absolute Gasteiger partial charge is 0.410 e. The number of aromatic nitrogens is 1. The van der Waals surface area contributed by atoms with E-state index in [0.717, 1.165) is 24.9 Å². The van der Waals surface area contributed by atoms with Crippen LogP contribution in [-0.4, -0.2) is 28.6 Å². The SMILES string of the molecule is O=C(OCc1ccccc1)N1CCC23CCCC[C@@H]2[C@H]1Cc1ccc(-c2ccncc2)cc13. The first-order chi connectivity index (χ1) is 16.2. The quantitative estimate of drug-likeness (QED) is 0.493. The van der Waals surface area contributed by atoms with Crippen molar-refractivity contribution in [1.82, 2.24) is 9.88 Å². The predicted molar refractivity (Wildman–Crippen MR) is 129 cm³/mol. The number of carbonyl (C=O) groups is 1. The van der Waals surface area contributed by atoms with Crippen LogP contribution < -0.4 is 0 Å². The van der Waals surface area contributed by atoms with Gasteiger partial charge in [-0.15, -0.1) is 0 Å². The molecule has 2 heterocycles. The number of benzene rings is 2. The number of rotatable bonds is 3. The molecule has 2 bridgehead atoms. The Morgan fingerprint density at radius 3 is 2.70 bits per heavy atom. The van der Waals surface area contributed by atoms with Gasteiger partial charge in [-0.05, 0) is 71.6 Å². The molecule has 2 aromatic carbocycles. The van der Waals surface area contributed by atoms with Crippen LogP contribution in [0.1, 0.15) is 48.8 Å². The molecule has 0 radical (unpaired) electrons. The lowest BCUT2D eigenvalue weighted by Gasteiger charge is -2.58. The standard InChI is InChI=1S/C29H30N2O2/c32-28(33-20-21-6-2-1-3-7-21)31-17-14-29-13-5-4-8-25(29)27(31)19-24-10-9-23(18-26(24)29)22-11-15-30-16-12-22/h1-3,6-7,9-12,15-16,18,25,27H,4-5,8,13-14,17,19-20H2/t25-,27-,29?/m1/s1. The Hall–Kier alpha value is -3.14. The number of fused-ring (bicyclic) bond motifs is 1. The Balaban J connectivity index is 1.31. The van der Waals surface area contributed by atoms with Crippen LogP contribution in [-0.2, 0) is 23.2 Å². The normalized spacial score (nSPS) is 25.6. The highest BCUT2D eigenvalue weighted by Crippen LogP contribution is 2.56. The number of piperidine rings is 1. The molecule has 6 rings (SSSR count). The number of hydrogen-bond donors (Lipinski definition) is 0. The molecule has 3 aliphatic rings. The van der Waals surface area contributed by atoms with Crippen molar-refractivity contribution in [2.24, 2.45) is 5.92 Å². The second kappa shape index (κ2) is 8.33. The van der Waals surface area contributed by atoms with E-state index in [1.165, 1.54) is 47.9 Å². The second-order valence-electron chi connectivity index (χ2n) is 9.87. The predicted octanol–water partition coefficient (Wildman–Crippen LogP) is 6.14. The first-order valence-electron chi connectivity index (χ1n) is 12.3. The van der Waals surface area contributed by atoms with Gasteiger partial charge < -0.3 is 9.64 Å². The van der Waals surface area contributed by atoms with Gasteiger partial charge in [-0.3, -0.25) is 4.98 Å². The van der Waals surface area contributed by atoms with Gasteiger partial charge in [-0.2, -0.15) is 0 Å². The molecule has 2 aliphatic carbocycles. The van der Waals surface area contributed by atoms with Crippen molar-refractivity contribution < 1.29 is 9.53 Å². The number of amides is 1. The molecule has 1 aromatic heterocycles. The summed E-state index contributed by atoms with van der Waals surface area (Å²) in [5.74, 6) is 0.518. The molecule has 168 valence electrons. The van der Waals surface area contributed by atoms with Gasteiger partial charge in [0.1, 0.15) is 6.61 Å². The minimum Gasteiger partial charge on any atom is -0.445 e. The van der Waals surface area contributed by atoms with E-state index in [2.05, 4.69) is 40.2 Å². The molecule has 0 spiro atoms. The minimum absolute atomic E-state index is 0.153. The summed E-state index contributed by atoms with van der Waals surface area (Å²) in [5, 5.41) is 0. The molecule has 3 atom stereocenters. The Kier molecular flexibility index (Phi) is 5.17. The van der Waals surface area contributed by atoms with Crippen molar-refractivity contribution in [3.63, 3.8) is 0 Å². The summed E-state index contributed by atoms with van der Waals surface area (Å²) in [4.78, 5) is 19.4. The fourth-order valence-corrected chi connectivity index (χ4v) is 6.76. The summed E-state index contributed by atoms with van der Waals surface area (Å²) in [6.07, 6.45) is 10.5. The van der Waals surface area contributed by atoms with Crippen LogP contribution >= 0.6 is 0 Å². The number of ether oxygens (including phenoxy) is 1. The minimum atomic E-state index is -0.153. The molecule has 1 saturated carbocycles. The summed E-state index contributed by atoms with van der Waals surface area (Å²) < 4.78 is 5.78. The van der Waals surface area contributed by atoms with Crippen molar-refractivity contribution in [3.8, 4) is 11.1 Å². The topological polar surface area (TPSA) is 42.4 Å². The number of nitrogens with zero attached hydrogens (tertiary/aromatic N) is 2. The molecule has 4 nitrogen and oxygen atoms in total. The summed E-state index contributed by atoms with van der Waals surface area (Å²) in [6, 6.07) is 21.4. The Morgan fingerprint density at radius 1 is 1.00 bits per heavy atom. The lowest BCUT2D eigenvalue weighted by atomic mass is 9.52. The van der Waals surface area contributed by atoms with Crippen LogP contribution in [0.3, 0.4) is 0 Å². The number of carbonyl (C=O) groups excluding carboxylic acids is 1. The van der Waals surface area contributed by atoms with E-state index in [1.807, 2.05) is 42.7 Å². The van der Waals surface area contributed by atoms with E-state index in [-0.39, 0.29) is 17.6 Å². The third kappa shape index (κ3) is 3.52. The number of hydrogen-bond acceptors (Lipinski definition) is 3. The largest absolute Gasteiger partial charge is 0.445 e. The maximum atomic E-state index is 13.2. The van der Waals surface area contributed by atoms with Crippen LogP contribution in [0.5, 0.6) is 0 Å². The highest BCUT2D eigenvalue weighted by atomic mass is 16.6. The van der Waals surface area contributed by atoms with Gasteiger partial charge in [0.2, 0.25) is 0 Å². The van der Waals surface area contributed by atoms with Gasteiger partial charge in [-0.1, -0.05) is 61.4 Å². The highest BCUT2D eigenvalue weighted by molar-refractivity contribution is 5.70. The fourth-order valence-electron chi connectivity index (χ4n) is 6.76. The number of pyridine rings is 1. The van der Waals surface area contributed by atoms with E-state index in [1.54, 1.807) is 0 Å². The van der Waals surface area contributed by atoms with Gasteiger partial charge >= 0.3 is 6.09 Å². The molecule has 1 unspecified atom stereocenters. The monoisotopic (exact) mass is 438 g/mol. The van der Waals surface area contributed by atoms with Crippen molar-refractivity contribution in [2.75, 3.05) is 6.54 Å². The molecule has 4 heteroatoms. The molecule has 1 aliphatic heterocycles. The molecule has 1 saturated heterocycles. The zero-order chi connectivity index (χ0) is 22.3. The third-order valence-electron chi connectivity index (χ3n) is 8.29. The molecule has 3 aromatic rings. The molecular weight excluding hydrogens is 408 g/mol. The average molecular weight is 439 g/mol. The van der Waals surface area contributed by atoms with E-state index in [4.69, 9.17) is 4.74 Å². The van der Waals surface area contributed by atoms with Crippen LogP contribution in [0.15, 0.2) is 73.1 Å². The van der Waals surface area contributed by atoms with Crippen LogP contribution in [0.2, 0.25) is 0 Å². The van der Waals surface area contributed by atoms with E-state index < -0.39 is 0 Å². The summed E-state index contributed by atoms with van der Waals surface area (Å²) in [5.41, 5.74) is 6.67. The molecule has 0 N–H and O–H groups in total. The number of likely N-dealkylation sites (tertiary alicyclic amines) is 1. The maximum absolute atomic E-state index is 13.2. The maximum Gasteiger partial charge on any atom is 0.410 e. The van der Waals surface area contributed by atoms with Crippen LogP contribution in [0, 0.1) is 5.92 Å². The zero-order valence-electron chi connectivity index (χ0n) is 19.0. The lowest BCUT2D eigenvalue weighted by molar-refractivity contribution is -0.0136. The van der Waals surface area contributed by atoms with E-state index in [9.17, 15) is 4.79 Å². The summed E-state index contributed by atoms with van der Waals surface area (Å²) in [6.45, 7) is 1.12. The third-order valence-corrected chi connectivity index (χ3v) is 8.29. The van der Waals surface area contributed by atoms with Gasteiger partial charge in [0, 0.05) is 30.4 Å². The lowest BCUT2D eigenvalue weighted by Crippen LogP contribution is -2.62. The molecule has 1 amide bonds. The van der Waals surface area contributed by atoms with E-state index >= 15 is 0 Å². The second-order valence-corrected chi connectivity index (χ2v) is 9.87. The molecular formula is C29H30N2O2. The van der Waals surface area contributed by atoms with Gasteiger partial charge in [0.05, 0.1) is 0 Å². The Morgan fingerprint density at radius 2 is 1.85 bits per heavy atom. The van der Waals surface area contributed by atoms with Crippen molar-refractivity contribution in [1.29, 1.82) is 0 Å². The summed E-state index contributed by atoms with van der Waals surface area (Å²) in [7, 11) is 0. The Bertz CT molecular complexity index is 1150. The van der Waals surface area contributed by atoms with Crippen LogP contribution in [0.25, 0.3) is 11.1 Å². The van der Waals surface area contributed by atoms with Crippen molar-refractivity contribution >= 4 is 6.09 Å². The Labute approximate surface area is 195 Å². The van der Waals surface area contributed by atoms with Crippen molar-refractivity contribution in [3.05, 3.63) is 89.7 Å². The van der Waals surface area contributed by atoms with Gasteiger partial charge in [0.25, 0.3) is 0 Å². The molecule has 33 heavy (non-hydrogen) atoms. The molecule has 2 fully saturated rings. The first kappa shape index (κ1) is 20.5. The highest BCUT2D eigenvalue weighted by Gasteiger charge is 2.55.